The number of carbonyl (C=O) groups excluding carboxylic acids is 1. The predicted molar refractivity (Wildman–Crippen MR) is 68.4 cm³/mol. The minimum atomic E-state index is -0.810. The lowest BCUT2D eigenvalue weighted by molar-refractivity contribution is -0.137. The number of nitrogens with zero attached hydrogens (tertiary/aromatic N) is 1. The van der Waals surface area contributed by atoms with E-state index < -0.39 is 5.97 Å². The summed E-state index contributed by atoms with van der Waals surface area (Å²) in [5.74, 6) is -0.666. The quantitative estimate of drug-likeness (QED) is 0.700. The summed E-state index contributed by atoms with van der Waals surface area (Å²) in [6.45, 7) is 2.78. The predicted octanol–water partition coefficient (Wildman–Crippen LogP) is 1.44. The molecule has 0 aromatic carbocycles. The van der Waals surface area contributed by atoms with E-state index in [0.717, 1.165) is 5.69 Å². The summed E-state index contributed by atoms with van der Waals surface area (Å²) in [4.78, 5) is 25.8. The zero-order valence-corrected chi connectivity index (χ0v) is 11.0. The van der Waals surface area contributed by atoms with Crippen LogP contribution in [0.25, 0.3) is 0 Å². The lowest BCUT2D eigenvalue weighted by atomic mass is 10.1. The fourth-order valence-corrected chi connectivity index (χ4v) is 1.86. The average molecular weight is 271 g/mol. The number of aromatic nitrogens is 1. The first-order chi connectivity index (χ1) is 8.58. The van der Waals surface area contributed by atoms with E-state index in [4.69, 9.17) is 5.11 Å². The molecule has 0 bridgehead atoms. The molecule has 0 aliphatic carbocycles. The second-order valence-corrected chi connectivity index (χ2v) is 4.80. The van der Waals surface area contributed by atoms with Crippen molar-refractivity contribution in [2.45, 2.75) is 26.3 Å². The zero-order chi connectivity index (χ0) is 13.4. The second-order valence-electron chi connectivity index (χ2n) is 4.08. The van der Waals surface area contributed by atoms with E-state index in [1.54, 1.807) is 5.51 Å². The molecular formula is C11H17N3O3S. The molecular weight excluding hydrogens is 254 g/mol. The SMILES string of the molecule is CC(CCC(=O)O)CNC(=O)NCc1cscn1. The number of hydrogen-bond donors (Lipinski definition) is 3. The molecule has 0 fully saturated rings. The highest BCUT2D eigenvalue weighted by Crippen LogP contribution is 2.03. The summed E-state index contributed by atoms with van der Waals surface area (Å²) in [5.41, 5.74) is 2.54. The van der Waals surface area contributed by atoms with E-state index >= 15 is 0 Å². The number of aliphatic carboxylic acids is 1. The molecule has 1 atom stereocenters. The average Bonchev–Trinajstić information content (AvgIpc) is 2.84. The fourth-order valence-electron chi connectivity index (χ4n) is 1.30. The summed E-state index contributed by atoms with van der Waals surface area (Å²) < 4.78 is 0. The van der Waals surface area contributed by atoms with Crippen molar-refractivity contribution in [3.05, 3.63) is 16.6 Å². The molecule has 0 saturated carbocycles. The van der Waals surface area contributed by atoms with Crippen molar-refractivity contribution in [2.75, 3.05) is 6.54 Å². The van der Waals surface area contributed by atoms with Gasteiger partial charge in [0.1, 0.15) is 0 Å². The number of rotatable bonds is 7. The molecule has 1 unspecified atom stereocenters. The van der Waals surface area contributed by atoms with Gasteiger partial charge in [-0.3, -0.25) is 4.79 Å². The number of amides is 2. The Kier molecular flexibility index (Phi) is 6.13. The molecule has 1 aromatic rings. The van der Waals surface area contributed by atoms with Gasteiger partial charge in [-0.05, 0) is 12.3 Å². The first-order valence-corrected chi connectivity index (χ1v) is 6.62. The number of urea groups is 1. The van der Waals surface area contributed by atoms with Gasteiger partial charge < -0.3 is 15.7 Å². The number of thiazole rings is 1. The van der Waals surface area contributed by atoms with Crippen LogP contribution in [-0.4, -0.2) is 28.6 Å². The Hall–Kier alpha value is -1.63. The Morgan fingerprint density at radius 2 is 2.28 bits per heavy atom. The van der Waals surface area contributed by atoms with Crippen LogP contribution in [0, 0.1) is 5.92 Å². The summed E-state index contributed by atoms with van der Waals surface area (Å²) >= 11 is 1.48. The molecule has 7 heteroatoms. The number of nitrogens with one attached hydrogen (secondary N) is 2. The topological polar surface area (TPSA) is 91.3 Å². The van der Waals surface area contributed by atoms with Crippen molar-refractivity contribution in [3.63, 3.8) is 0 Å². The number of hydrogen-bond acceptors (Lipinski definition) is 4. The third-order valence-electron chi connectivity index (χ3n) is 2.38. The fraction of sp³-hybridized carbons (Fsp3) is 0.545. The third kappa shape index (κ3) is 6.19. The zero-order valence-electron chi connectivity index (χ0n) is 10.2. The molecule has 1 aromatic heterocycles. The monoisotopic (exact) mass is 271 g/mol. The minimum absolute atomic E-state index is 0.128. The molecule has 1 heterocycles. The van der Waals surface area contributed by atoms with E-state index in [-0.39, 0.29) is 18.4 Å². The Morgan fingerprint density at radius 1 is 1.50 bits per heavy atom. The van der Waals surface area contributed by atoms with Crippen LogP contribution >= 0.6 is 11.3 Å². The standard InChI is InChI=1S/C11H17N3O3S/c1-8(2-3-10(15)16)4-12-11(17)13-5-9-6-18-7-14-9/h6-8H,2-5H2,1H3,(H,15,16)(H2,12,13,17). The first-order valence-electron chi connectivity index (χ1n) is 5.68. The Bertz CT molecular complexity index is 381. The number of carboxylic acid groups (broad SMARTS) is 1. The molecule has 0 saturated heterocycles. The maximum absolute atomic E-state index is 11.4. The molecule has 0 aliphatic rings. The summed E-state index contributed by atoms with van der Waals surface area (Å²) in [6.07, 6.45) is 0.686. The number of carbonyl (C=O) groups is 2. The van der Waals surface area contributed by atoms with Crippen molar-refractivity contribution in [2.24, 2.45) is 5.92 Å². The van der Waals surface area contributed by atoms with E-state index in [9.17, 15) is 9.59 Å². The van der Waals surface area contributed by atoms with Crippen LogP contribution in [-0.2, 0) is 11.3 Å². The maximum Gasteiger partial charge on any atom is 0.315 e. The molecule has 6 nitrogen and oxygen atoms in total. The van der Waals surface area contributed by atoms with Crippen LogP contribution in [0.1, 0.15) is 25.5 Å². The van der Waals surface area contributed by atoms with Crippen LogP contribution in [0.3, 0.4) is 0 Å². The van der Waals surface area contributed by atoms with E-state index in [1.165, 1.54) is 11.3 Å². The van der Waals surface area contributed by atoms with Crippen molar-refractivity contribution in [1.29, 1.82) is 0 Å². The molecule has 0 aliphatic heterocycles. The number of carboxylic acids is 1. The van der Waals surface area contributed by atoms with Gasteiger partial charge in [0.2, 0.25) is 0 Å². The van der Waals surface area contributed by atoms with Crippen molar-refractivity contribution in [3.8, 4) is 0 Å². The summed E-state index contributed by atoms with van der Waals surface area (Å²) in [7, 11) is 0. The largest absolute Gasteiger partial charge is 0.481 e. The molecule has 1 rings (SSSR count). The molecule has 3 N–H and O–H groups in total. The van der Waals surface area contributed by atoms with Gasteiger partial charge in [0.25, 0.3) is 0 Å². The van der Waals surface area contributed by atoms with Gasteiger partial charge in [-0.2, -0.15) is 0 Å². The van der Waals surface area contributed by atoms with Gasteiger partial charge in [-0.1, -0.05) is 6.92 Å². The smallest absolute Gasteiger partial charge is 0.315 e. The third-order valence-corrected chi connectivity index (χ3v) is 3.01. The molecule has 0 radical (unpaired) electrons. The van der Waals surface area contributed by atoms with Crippen molar-refractivity contribution >= 4 is 23.3 Å². The normalized spacial score (nSPS) is 11.8. The van der Waals surface area contributed by atoms with Gasteiger partial charge in [-0.15, -0.1) is 11.3 Å². The van der Waals surface area contributed by atoms with Crippen LogP contribution in [0.15, 0.2) is 10.9 Å². The van der Waals surface area contributed by atoms with E-state index in [1.807, 2.05) is 12.3 Å². The Balaban J connectivity index is 2.11. The maximum atomic E-state index is 11.4. The van der Waals surface area contributed by atoms with Gasteiger partial charge >= 0.3 is 12.0 Å². The van der Waals surface area contributed by atoms with E-state index in [2.05, 4.69) is 15.6 Å². The van der Waals surface area contributed by atoms with Gasteiger partial charge in [0.05, 0.1) is 17.7 Å². The second kappa shape index (κ2) is 7.65. The highest BCUT2D eigenvalue weighted by atomic mass is 32.1. The van der Waals surface area contributed by atoms with Gasteiger partial charge in [-0.25, -0.2) is 9.78 Å². The van der Waals surface area contributed by atoms with Crippen LogP contribution in [0.4, 0.5) is 4.79 Å². The lowest BCUT2D eigenvalue weighted by Crippen LogP contribution is -2.37. The van der Waals surface area contributed by atoms with Crippen molar-refractivity contribution < 1.29 is 14.7 Å². The summed E-state index contributed by atoms with van der Waals surface area (Å²) in [5, 5.41) is 15.8. The lowest BCUT2D eigenvalue weighted by Gasteiger charge is -2.11. The molecule has 100 valence electrons. The molecule has 18 heavy (non-hydrogen) atoms. The minimum Gasteiger partial charge on any atom is -0.481 e. The van der Waals surface area contributed by atoms with Crippen LogP contribution in [0.2, 0.25) is 0 Å². The highest BCUT2D eigenvalue weighted by Gasteiger charge is 2.07. The molecule has 0 spiro atoms. The first kappa shape index (κ1) is 14.4. The van der Waals surface area contributed by atoms with Crippen LogP contribution < -0.4 is 10.6 Å². The van der Waals surface area contributed by atoms with Crippen LogP contribution in [0.5, 0.6) is 0 Å². The van der Waals surface area contributed by atoms with Gasteiger partial charge in [0, 0.05) is 18.3 Å². The summed E-state index contributed by atoms with van der Waals surface area (Å²) in [6, 6.07) is -0.259. The Labute approximate surface area is 109 Å². The van der Waals surface area contributed by atoms with E-state index in [0.29, 0.717) is 19.5 Å². The molecule has 2 amide bonds. The highest BCUT2D eigenvalue weighted by molar-refractivity contribution is 7.07. The Morgan fingerprint density at radius 3 is 2.89 bits per heavy atom. The van der Waals surface area contributed by atoms with Gasteiger partial charge in [0.15, 0.2) is 0 Å². The van der Waals surface area contributed by atoms with Crippen molar-refractivity contribution in [1.82, 2.24) is 15.6 Å².